The minimum atomic E-state index is 0.0897. The Labute approximate surface area is 124 Å². The summed E-state index contributed by atoms with van der Waals surface area (Å²) in [5.74, 6) is 0.809. The van der Waals surface area contributed by atoms with Gasteiger partial charge in [0.2, 0.25) is 5.28 Å². The number of aliphatic hydroxyl groups excluding tert-OH is 1. The number of para-hydroxylation sites is 1. The van der Waals surface area contributed by atoms with E-state index in [9.17, 15) is 5.11 Å². The van der Waals surface area contributed by atoms with E-state index in [1.165, 1.54) is 0 Å². The molecular formula is C15H20ClN3O. The highest BCUT2D eigenvalue weighted by Gasteiger charge is 2.19. The average Bonchev–Trinajstić information content (AvgIpc) is 2.46. The highest BCUT2D eigenvalue weighted by molar-refractivity contribution is 6.28. The van der Waals surface area contributed by atoms with Gasteiger partial charge >= 0.3 is 0 Å². The molecule has 0 aliphatic carbocycles. The number of halogens is 1. The van der Waals surface area contributed by atoms with Gasteiger partial charge in [-0.15, -0.1) is 0 Å². The van der Waals surface area contributed by atoms with Gasteiger partial charge in [-0.1, -0.05) is 26.0 Å². The van der Waals surface area contributed by atoms with Gasteiger partial charge in [-0.05, 0) is 36.6 Å². The minimum absolute atomic E-state index is 0.0897. The van der Waals surface area contributed by atoms with Crippen molar-refractivity contribution in [3.8, 4) is 0 Å². The highest BCUT2D eigenvalue weighted by atomic mass is 35.5. The van der Waals surface area contributed by atoms with Gasteiger partial charge in [-0.3, -0.25) is 0 Å². The Hall–Kier alpha value is -1.39. The van der Waals surface area contributed by atoms with Crippen molar-refractivity contribution in [3.63, 3.8) is 0 Å². The van der Waals surface area contributed by atoms with E-state index >= 15 is 0 Å². The molecule has 108 valence electrons. The maximum absolute atomic E-state index is 9.36. The Bertz CT molecular complexity index is 572. The van der Waals surface area contributed by atoms with Gasteiger partial charge in [0.15, 0.2) is 0 Å². The molecule has 4 nitrogen and oxygen atoms in total. The van der Waals surface area contributed by atoms with Crippen LogP contribution in [0.4, 0.5) is 5.82 Å². The Kier molecular flexibility index (Phi) is 5.15. The van der Waals surface area contributed by atoms with E-state index in [-0.39, 0.29) is 11.9 Å². The lowest BCUT2D eigenvalue weighted by Gasteiger charge is -2.31. The second-order valence-corrected chi connectivity index (χ2v) is 5.06. The molecule has 0 aliphatic heterocycles. The molecule has 0 bridgehead atoms. The number of nitrogens with zero attached hydrogens (tertiary/aromatic N) is 3. The van der Waals surface area contributed by atoms with Gasteiger partial charge < -0.3 is 10.0 Å². The monoisotopic (exact) mass is 293 g/mol. The number of hydrogen-bond donors (Lipinski definition) is 1. The van der Waals surface area contributed by atoms with E-state index in [1.807, 2.05) is 24.3 Å². The average molecular weight is 294 g/mol. The fourth-order valence-electron chi connectivity index (χ4n) is 2.55. The topological polar surface area (TPSA) is 49.2 Å². The number of rotatable bonds is 6. The smallest absolute Gasteiger partial charge is 0.224 e. The summed E-state index contributed by atoms with van der Waals surface area (Å²) in [4.78, 5) is 10.8. The molecule has 0 spiro atoms. The van der Waals surface area contributed by atoms with Crippen LogP contribution in [-0.2, 0) is 0 Å². The molecule has 5 heteroatoms. The van der Waals surface area contributed by atoms with Crippen LogP contribution in [0.1, 0.15) is 26.7 Å². The van der Waals surface area contributed by atoms with Crippen LogP contribution < -0.4 is 4.90 Å². The lowest BCUT2D eigenvalue weighted by atomic mass is 10.1. The number of benzene rings is 1. The summed E-state index contributed by atoms with van der Waals surface area (Å²) in [6.07, 6.45) is 1.99. The van der Waals surface area contributed by atoms with Crippen LogP contribution in [0.2, 0.25) is 5.28 Å². The van der Waals surface area contributed by atoms with Crippen molar-refractivity contribution < 1.29 is 5.11 Å². The predicted molar refractivity (Wildman–Crippen MR) is 83.3 cm³/mol. The van der Waals surface area contributed by atoms with Gasteiger partial charge in [0, 0.05) is 18.0 Å². The van der Waals surface area contributed by atoms with Crippen LogP contribution in [0.5, 0.6) is 0 Å². The zero-order chi connectivity index (χ0) is 14.5. The first-order valence-electron chi connectivity index (χ1n) is 7.01. The van der Waals surface area contributed by atoms with Gasteiger partial charge in [-0.2, -0.15) is 4.98 Å². The second kappa shape index (κ2) is 6.86. The van der Waals surface area contributed by atoms with E-state index in [1.54, 1.807) is 0 Å². The maximum Gasteiger partial charge on any atom is 0.224 e. The third-order valence-corrected chi connectivity index (χ3v) is 3.72. The first-order valence-corrected chi connectivity index (χ1v) is 7.38. The molecule has 1 aromatic carbocycles. The van der Waals surface area contributed by atoms with E-state index in [4.69, 9.17) is 11.6 Å². The number of hydrogen-bond acceptors (Lipinski definition) is 4. The SMILES string of the molecule is CCC(CC)N(CCO)c1nc(Cl)nc2ccccc12. The molecule has 20 heavy (non-hydrogen) atoms. The fourth-order valence-corrected chi connectivity index (χ4v) is 2.72. The summed E-state index contributed by atoms with van der Waals surface area (Å²) in [5.41, 5.74) is 0.830. The summed E-state index contributed by atoms with van der Waals surface area (Å²) in [5, 5.41) is 10.6. The van der Waals surface area contributed by atoms with Crippen molar-refractivity contribution in [1.29, 1.82) is 0 Å². The molecule has 0 unspecified atom stereocenters. The summed E-state index contributed by atoms with van der Waals surface area (Å²) in [6.45, 7) is 4.92. The lowest BCUT2D eigenvalue weighted by molar-refractivity contribution is 0.295. The largest absolute Gasteiger partial charge is 0.395 e. The second-order valence-electron chi connectivity index (χ2n) is 4.72. The van der Waals surface area contributed by atoms with Crippen molar-refractivity contribution >= 4 is 28.3 Å². The molecule has 1 aromatic heterocycles. The van der Waals surface area contributed by atoms with Crippen molar-refractivity contribution in [2.75, 3.05) is 18.1 Å². The fraction of sp³-hybridized carbons (Fsp3) is 0.467. The number of fused-ring (bicyclic) bond motifs is 1. The third-order valence-electron chi connectivity index (χ3n) is 3.55. The number of anilines is 1. The Morgan fingerprint density at radius 1 is 1.20 bits per heavy atom. The molecule has 0 aliphatic rings. The van der Waals surface area contributed by atoms with Crippen molar-refractivity contribution in [2.24, 2.45) is 0 Å². The summed E-state index contributed by atoms with van der Waals surface area (Å²) in [7, 11) is 0. The normalized spacial score (nSPS) is 11.2. The predicted octanol–water partition coefficient (Wildman–Crippen LogP) is 3.27. The van der Waals surface area contributed by atoms with Crippen LogP contribution in [0.3, 0.4) is 0 Å². The molecule has 0 radical (unpaired) electrons. The van der Waals surface area contributed by atoms with Gasteiger partial charge in [0.05, 0.1) is 12.1 Å². The third kappa shape index (κ3) is 3.02. The van der Waals surface area contributed by atoms with Gasteiger partial charge in [0.1, 0.15) is 5.82 Å². The first-order chi connectivity index (χ1) is 9.71. The number of aliphatic hydroxyl groups is 1. The summed E-state index contributed by atoms with van der Waals surface area (Å²) < 4.78 is 0. The molecule has 2 rings (SSSR count). The van der Waals surface area contributed by atoms with Crippen LogP contribution in [0.25, 0.3) is 10.9 Å². The number of aromatic nitrogens is 2. The van der Waals surface area contributed by atoms with E-state index in [0.717, 1.165) is 29.6 Å². The van der Waals surface area contributed by atoms with E-state index < -0.39 is 0 Å². The molecule has 0 saturated carbocycles. The summed E-state index contributed by atoms with van der Waals surface area (Å²) in [6, 6.07) is 8.15. The molecule has 0 fully saturated rings. The molecule has 0 amide bonds. The van der Waals surface area contributed by atoms with E-state index in [2.05, 4.69) is 28.7 Å². The molecular weight excluding hydrogens is 274 g/mol. The molecule has 1 N–H and O–H groups in total. The van der Waals surface area contributed by atoms with Crippen LogP contribution in [0.15, 0.2) is 24.3 Å². The summed E-state index contributed by atoms with van der Waals surface area (Å²) >= 11 is 6.05. The minimum Gasteiger partial charge on any atom is -0.395 e. The zero-order valence-corrected chi connectivity index (χ0v) is 12.6. The quantitative estimate of drug-likeness (QED) is 0.831. The van der Waals surface area contributed by atoms with Crippen molar-refractivity contribution in [1.82, 2.24) is 9.97 Å². The van der Waals surface area contributed by atoms with Crippen LogP contribution in [0, 0.1) is 0 Å². The van der Waals surface area contributed by atoms with Gasteiger partial charge in [-0.25, -0.2) is 4.98 Å². The standard InChI is InChI=1S/C15H20ClN3O/c1-3-11(4-2)19(9-10-20)14-12-7-5-6-8-13(12)17-15(16)18-14/h5-8,11,20H,3-4,9-10H2,1-2H3. The van der Waals surface area contributed by atoms with Gasteiger partial charge in [0.25, 0.3) is 0 Å². The maximum atomic E-state index is 9.36. The Morgan fingerprint density at radius 3 is 2.55 bits per heavy atom. The first kappa shape index (κ1) is 15.0. The van der Waals surface area contributed by atoms with E-state index in [0.29, 0.717) is 12.6 Å². The Morgan fingerprint density at radius 2 is 1.90 bits per heavy atom. The molecule has 0 saturated heterocycles. The Balaban J connectivity index is 2.57. The lowest BCUT2D eigenvalue weighted by Crippen LogP contribution is -2.37. The zero-order valence-electron chi connectivity index (χ0n) is 11.9. The molecule has 0 atom stereocenters. The highest BCUT2D eigenvalue weighted by Crippen LogP contribution is 2.28. The molecule has 2 aromatic rings. The van der Waals surface area contributed by atoms with Crippen LogP contribution >= 0.6 is 11.6 Å². The van der Waals surface area contributed by atoms with Crippen LogP contribution in [-0.4, -0.2) is 34.3 Å². The molecule has 1 heterocycles. The van der Waals surface area contributed by atoms with Crippen molar-refractivity contribution in [2.45, 2.75) is 32.7 Å². The van der Waals surface area contributed by atoms with Crippen molar-refractivity contribution in [3.05, 3.63) is 29.5 Å².